The summed E-state index contributed by atoms with van der Waals surface area (Å²) in [5.74, 6) is 1.43. The lowest BCUT2D eigenvalue weighted by Crippen LogP contribution is -2.24. The molecule has 102 valence electrons. The molecule has 3 rings (SSSR count). The zero-order valence-corrected chi connectivity index (χ0v) is 11.9. The summed E-state index contributed by atoms with van der Waals surface area (Å²) in [7, 11) is 0. The summed E-state index contributed by atoms with van der Waals surface area (Å²) < 4.78 is 2.30. The van der Waals surface area contributed by atoms with Gasteiger partial charge in [0.15, 0.2) is 0 Å². The van der Waals surface area contributed by atoms with Crippen LogP contribution in [-0.2, 0) is 0 Å². The topological polar surface area (TPSA) is 43.8 Å². The van der Waals surface area contributed by atoms with Crippen molar-refractivity contribution in [2.24, 2.45) is 5.92 Å². The summed E-state index contributed by atoms with van der Waals surface area (Å²) in [6.07, 6.45) is 6.47. The minimum absolute atomic E-state index is 0.533. The summed E-state index contributed by atoms with van der Waals surface area (Å²) in [6, 6.07) is 6.95. The van der Waals surface area contributed by atoms with Gasteiger partial charge in [-0.3, -0.25) is 0 Å². The van der Waals surface area contributed by atoms with Crippen LogP contribution in [0.2, 0.25) is 0 Å². The molecule has 0 bridgehead atoms. The van der Waals surface area contributed by atoms with Gasteiger partial charge >= 0.3 is 0 Å². The molecule has 2 N–H and O–H groups in total. The lowest BCUT2D eigenvalue weighted by atomic mass is 9.82. The molecule has 0 saturated heterocycles. The van der Waals surface area contributed by atoms with E-state index in [1.807, 2.05) is 0 Å². The first kappa shape index (κ1) is 12.5. The number of hydrogen-bond acceptors (Lipinski definition) is 2. The van der Waals surface area contributed by atoms with Crippen LogP contribution in [0.5, 0.6) is 0 Å². The van der Waals surface area contributed by atoms with Crippen molar-refractivity contribution in [3.05, 3.63) is 23.8 Å². The van der Waals surface area contributed by atoms with Crippen LogP contribution >= 0.6 is 0 Å². The van der Waals surface area contributed by atoms with Crippen molar-refractivity contribution in [1.29, 1.82) is 0 Å². The van der Waals surface area contributed by atoms with E-state index in [9.17, 15) is 0 Å². The van der Waals surface area contributed by atoms with Crippen LogP contribution in [0.3, 0.4) is 0 Å². The quantitative estimate of drug-likeness (QED) is 0.881. The van der Waals surface area contributed by atoms with Crippen LogP contribution in [-0.4, -0.2) is 9.55 Å². The number of aromatic nitrogens is 2. The van der Waals surface area contributed by atoms with E-state index in [0.29, 0.717) is 12.0 Å². The molecule has 3 nitrogen and oxygen atoms in total. The molecule has 0 spiro atoms. The van der Waals surface area contributed by atoms with Gasteiger partial charge < -0.3 is 10.3 Å². The molecule has 2 aromatic rings. The molecule has 1 aliphatic carbocycles. The van der Waals surface area contributed by atoms with Gasteiger partial charge in [0.1, 0.15) is 0 Å². The van der Waals surface area contributed by atoms with E-state index in [0.717, 1.165) is 11.4 Å². The SMILES string of the molecule is CCC1CCCCC1n1c(N)nc2ccc(C)cc21. The molecule has 1 heterocycles. The fourth-order valence-corrected chi connectivity index (χ4v) is 3.57. The highest BCUT2D eigenvalue weighted by molar-refractivity contribution is 5.79. The molecule has 0 aliphatic heterocycles. The fourth-order valence-electron chi connectivity index (χ4n) is 3.57. The third-order valence-electron chi connectivity index (χ3n) is 4.60. The molecule has 3 heteroatoms. The van der Waals surface area contributed by atoms with Crippen molar-refractivity contribution in [1.82, 2.24) is 9.55 Å². The third kappa shape index (κ3) is 2.11. The summed E-state index contributed by atoms with van der Waals surface area (Å²) >= 11 is 0. The Morgan fingerprint density at radius 1 is 1.32 bits per heavy atom. The van der Waals surface area contributed by atoms with E-state index in [-0.39, 0.29) is 0 Å². The fraction of sp³-hybridized carbons (Fsp3) is 0.562. The van der Waals surface area contributed by atoms with Crippen LogP contribution in [0, 0.1) is 12.8 Å². The molecule has 19 heavy (non-hydrogen) atoms. The normalized spacial score (nSPS) is 23.9. The van der Waals surface area contributed by atoms with E-state index in [2.05, 4.69) is 41.6 Å². The van der Waals surface area contributed by atoms with Crippen LogP contribution in [0.1, 0.15) is 50.6 Å². The maximum absolute atomic E-state index is 6.20. The monoisotopic (exact) mass is 257 g/mol. The third-order valence-corrected chi connectivity index (χ3v) is 4.60. The molecule has 2 unspecified atom stereocenters. The van der Waals surface area contributed by atoms with E-state index in [1.54, 1.807) is 0 Å². The molecule has 1 aliphatic rings. The van der Waals surface area contributed by atoms with Gasteiger partial charge in [-0.25, -0.2) is 4.98 Å². The van der Waals surface area contributed by atoms with E-state index in [4.69, 9.17) is 5.73 Å². The van der Waals surface area contributed by atoms with Crippen molar-refractivity contribution in [2.45, 2.75) is 52.0 Å². The number of hydrogen-bond donors (Lipinski definition) is 1. The van der Waals surface area contributed by atoms with Gasteiger partial charge in [0.2, 0.25) is 5.95 Å². The molecule has 0 amide bonds. The van der Waals surface area contributed by atoms with Crippen molar-refractivity contribution in [3.63, 3.8) is 0 Å². The van der Waals surface area contributed by atoms with Crippen molar-refractivity contribution >= 4 is 17.0 Å². The minimum atomic E-state index is 0.533. The molecular formula is C16H23N3. The molecule has 1 aromatic carbocycles. The van der Waals surface area contributed by atoms with Gasteiger partial charge in [-0.1, -0.05) is 32.3 Å². The molecule has 0 radical (unpaired) electrons. The molecular weight excluding hydrogens is 234 g/mol. The van der Waals surface area contributed by atoms with E-state index < -0.39 is 0 Å². The molecule has 1 fully saturated rings. The van der Waals surface area contributed by atoms with Gasteiger partial charge in [0.25, 0.3) is 0 Å². The first-order valence-electron chi connectivity index (χ1n) is 7.44. The van der Waals surface area contributed by atoms with Gasteiger partial charge in [0, 0.05) is 6.04 Å². The van der Waals surface area contributed by atoms with Crippen LogP contribution in [0.15, 0.2) is 18.2 Å². The first-order chi connectivity index (χ1) is 9.20. The van der Waals surface area contributed by atoms with E-state index in [1.165, 1.54) is 43.2 Å². The predicted octanol–water partition coefficient (Wildman–Crippen LogP) is 4.07. The second-order valence-corrected chi connectivity index (χ2v) is 5.85. The molecule has 2 atom stereocenters. The number of nitrogens with zero attached hydrogens (tertiary/aromatic N) is 2. The number of rotatable bonds is 2. The maximum Gasteiger partial charge on any atom is 0.201 e. The lowest BCUT2D eigenvalue weighted by Gasteiger charge is -2.32. The Balaban J connectivity index is 2.12. The Kier molecular flexibility index (Phi) is 3.21. The van der Waals surface area contributed by atoms with Gasteiger partial charge in [-0.05, 0) is 43.4 Å². The van der Waals surface area contributed by atoms with Gasteiger partial charge in [-0.15, -0.1) is 0 Å². The zero-order valence-electron chi connectivity index (χ0n) is 11.9. The van der Waals surface area contributed by atoms with Crippen molar-refractivity contribution in [2.75, 3.05) is 5.73 Å². The van der Waals surface area contributed by atoms with E-state index >= 15 is 0 Å². The standard InChI is InChI=1S/C16H23N3/c1-3-12-6-4-5-7-14(12)19-15-10-11(2)8-9-13(15)18-16(19)17/h8-10,12,14H,3-7H2,1-2H3,(H2,17,18). The molecule has 1 aromatic heterocycles. The first-order valence-corrected chi connectivity index (χ1v) is 7.44. The minimum Gasteiger partial charge on any atom is -0.369 e. The highest BCUT2D eigenvalue weighted by atomic mass is 15.2. The summed E-state index contributed by atoms with van der Waals surface area (Å²) in [4.78, 5) is 4.54. The highest BCUT2D eigenvalue weighted by Crippen LogP contribution is 2.39. The predicted molar refractivity (Wildman–Crippen MR) is 80.2 cm³/mol. The number of nitrogen functional groups attached to an aromatic ring is 1. The molecule has 1 saturated carbocycles. The number of aryl methyl sites for hydroxylation is 1. The number of nitrogens with two attached hydrogens (primary N) is 1. The van der Waals surface area contributed by atoms with Crippen LogP contribution in [0.25, 0.3) is 11.0 Å². The Bertz CT molecular complexity index is 585. The van der Waals surface area contributed by atoms with Gasteiger partial charge in [-0.2, -0.15) is 0 Å². The Hall–Kier alpha value is -1.51. The second-order valence-electron chi connectivity index (χ2n) is 5.85. The smallest absolute Gasteiger partial charge is 0.201 e. The number of imidazole rings is 1. The zero-order chi connectivity index (χ0) is 13.4. The average molecular weight is 257 g/mol. The number of fused-ring (bicyclic) bond motifs is 1. The average Bonchev–Trinajstić information content (AvgIpc) is 2.74. The Morgan fingerprint density at radius 2 is 2.11 bits per heavy atom. The Morgan fingerprint density at radius 3 is 2.89 bits per heavy atom. The maximum atomic E-state index is 6.20. The summed E-state index contributed by atoms with van der Waals surface area (Å²) in [6.45, 7) is 4.43. The Labute approximate surface area is 114 Å². The van der Waals surface area contributed by atoms with Gasteiger partial charge in [0.05, 0.1) is 11.0 Å². The number of benzene rings is 1. The number of anilines is 1. The summed E-state index contributed by atoms with van der Waals surface area (Å²) in [5.41, 5.74) is 9.72. The summed E-state index contributed by atoms with van der Waals surface area (Å²) in [5, 5.41) is 0. The van der Waals surface area contributed by atoms with Crippen molar-refractivity contribution < 1.29 is 0 Å². The van der Waals surface area contributed by atoms with Crippen LogP contribution in [0.4, 0.5) is 5.95 Å². The van der Waals surface area contributed by atoms with Crippen LogP contribution < -0.4 is 5.73 Å². The second kappa shape index (κ2) is 4.87. The van der Waals surface area contributed by atoms with Crippen molar-refractivity contribution in [3.8, 4) is 0 Å². The lowest BCUT2D eigenvalue weighted by molar-refractivity contribution is 0.239. The highest BCUT2D eigenvalue weighted by Gasteiger charge is 2.27. The largest absolute Gasteiger partial charge is 0.369 e.